The van der Waals surface area contributed by atoms with Crippen LogP contribution >= 0.6 is 0 Å². The van der Waals surface area contributed by atoms with E-state index in [1.54, 1.807) is 24.3 Å². The number of nitrogens with zero attached hydrogens (tertiary/aromatic N) is 3. The average Bonchev–Trinajstić information content (AvgIpc) is 1.95. The van der Waals surface area contributed by atoms with Crippen LogP contribution in [0, 0.1) is 10.8 Å². The molecule has 4 heteroatoms. The zero-order chi connectivity index (χ0) is 7.40. The molecule has 0 aromatic rings. The molecule has 1 aliphatic rings. The summed E-state index contributed by atoms with van der Waals surface area (Å²) in [5.74, 6) is 0. The van der Waals surface area contributed by atoms with Crippen molar-refractivity contribution in [3.63, 3.8) is 0 Å². The fourth-order valence-electron chi connectivity index (χ4n) is 0.580. The maximum absolute atomic E-state index is 8.00. The van der Waals surface area contributed by atoms with Gasteiger partial charge in [0.1, 0.15) is 0 Å². The summed E-state index contributed by atoms with van der Waals surface area (Å²) in [6.07, 6.45) is 6.35. The first kappa shape index (κ1) is 6.36. The lowest BCUT2D eigenvalue weighted by molar-refractivity contribution is 1.35. The van der Waals surface area contributed by atoms with Gasteiger partial charge in [0.05, 0.1) is 5.71 Å². The highest BCUT2D eigenvalue weighted by Gasteiger charge is 2.00. The molecule has 0 unspecified atom stereocenters. The van der Waals surface area contributed by atoms with Crippen LogP contribution < -0.4 is 0 Å². The summed E-state index contributed by atoms with van der Waals surface area (Å²) in [6, 6.07) is 0. The van der Waals surface area contributed by atoms with Crippen molar-refractivity contribution in [2.45, 2.75) is 0 Å². The Balaban J connectivity index is 2.83. The number of hydrogen-bond donors (Lipinski definition) is 1. The molecule has 0 aromatic carbocycles. The number of nitrogens with one attached hydrogen (secondary N) is 1. The molecule has 0 fully saturated rings. The third-order valence-electron chi connectivity index (χ3n) is 1.03. The van der Waals surface area contributed by atoms with Crippen LogP contribution in [0.15, 0.2) is 29.4 Å². The van der Waals surface area contributed by atoms with Crippen LogP contribution in [0.5, 0.6) is 0 Å². The Kier molecular flexibility index (Phi) is 1.71. The second-order valence-corrected chi connectivity index (χ2v) is 1.74. The molecular formula is C6H5N4+. The van der Waals surface area contributed by atoms with Gasteiger partial charge in [0, 0.05) is 0 Å². The summed E-state index contributed by atoms with van der Waals surface area (Å²) in [4.78, 5) is 0. The van der Waals surface area contributed by atoms with Crippen molar-refractivity contribution in [2.24, 2.45) is 5.10 Å². The van der Waals surface area contributed by atoms with E-state index in [4.69, 9.17) is 10.8 Å². The van der Waals surface area contributed by atoms with Crippen LogP contribution in [0.4, 0.5) is 0 Å². The van der Waals surface area contributed by atoms with E-state index < -0.39 is 0 Å². The van der Waals surface area contributed by atoms with Gasteiger partial charge in [0.25, 0.3) is 5.39 Å². The van der Waals surface area contributed by atoms with Crippen LogP contribution in [-0.4, -0.2) is 11.4 Å². The largest absolute Gasteiger partial charge is 0.339 e. The standard InChI is InChI=1S/C6H5N4/c7-5-1-3-6(4-2-5)9-10-8/h1-4,7H/q+1. The number of rotatable bonds is 0. The van der Waals surface area contributed by atoms with Crippen molar-refractivity contribution in [3.8, 4) is 0 Å². The van der Waals surface area contributed by atoms with E-state index in [2.05, 4.69) is 10.2 Å². The maximum Gasteiger partial charge on any atom is 0.339 e. The van der Waals surface area contributed by atoms with Crippen molar-refractivity contribution in [1.29, 1.82) is 10.8 Å². The topological polar surface area (TPSA) is 64.4 Å². The van der Waals surface area contributed by atoms with Crippen molar-refractivity contribution in [3.05, 3.63) is 29.4 Å². The normalized spacial score (nSPS) is 15.1. The minimum Gasteiger partial charge on any atom is -0.301 e. The quantitative estimate of drug-likeness (QED) is 0.302. The molecule has 0 spiro atoms. The Morgan fingerprint density at radius 1 is 1.30 bits per heavy atom. The van der Waals surface area contributed by atoms with E-state index in [1.807, 2.05) is 0 Å². The van der Waals surface area contributed by atoms with Crippen LogP contribution in [0.1, 0.15) is 0 Å². The summed E-state index contributed by atoms with van der Waals surface area (Å²) in [7, 11) is 0. The lowest BCUT2D eigenvalue weighted by atomic mass is 10.1. The molecule has 1 N–H and O–H groups in total. The predicted molar refractivity (Wildman–Crippen MR) is 38.5 cm³/mol. The van der Waals surface area contributed by atoms with E-state index in [0.29, 0.717) is 11.4 Å². The van der Waals surface area contributed by atoms with Gasteiger partial charge in [-0.2, -0.15) is 0 Å². The number of allylic oxidation sites excluding steroid dienone is 4. The summed E-state index contributed by atoms with van der Waals surface area (Å²) >= 11 is 0. The Morgan fingerprint density at radius 3 is 2.40 bits per heavy atom. The van der Waals surface area contributed by atoms with Crippen LogP contribution in [0.25, 0.3) is 5.08 Å². The molecule has 48 valence electrons. The smallest absolute Gasteiger partial charge is 0.301 e. The van der Waals surface area contributed by atoms with Gasteiger partial charge < -0.3 is 5.41 Å². The number of hydrogen-bond acceptors (Lipinski definition) is 3. The Labute approximate surface area is 57.7 Å². The summed E-state index contributed by atoms with van der Waals surface area (Å²) in [6.45, 7) is 0. The van der Waals surface area contributed by atoms with Gasteiger partial charge in [0.2, 0.25) is 0 Å². The number of diazo groups is 1. The molecule has 0 saturated carbocycles. The maximum atomic E-state index is 8.00. The molecule has 0 amide bonds. The minimum absolute atomic E-state index is 0.414. The monoisotopic (exact) mass is 133 g/mol. The first-order valence-corrected chi connectivity index (χ1v) is 2.69. The molecular weight excluding hydrogens is 128 g/mol. The van der Waals surface area contributed by atoms with Gasteiger partial charge in [0.15, 0.2) is 10.8 Å². The zero-order valence-corrected chi connectivity index (χ0v) is 5.15. The molecule has 0 radical (unpaired) electrons. The Bertz CT molecular complexity index is 259. The highest BCUT2D eigenvalue weighted by atomic mass is 15.2. The SMILES string of the molecule is N#[N+]N=C1C=CC(=N)C=C1. The van der Waals surface area contributed by atoms with Gasteiger partial charge in [-0.1, -0.05) is 0 Å². The molecule has 0 heterocycles. The molecule has 0 aliphatic heterocycles. The summed E-state index contributed by atoms with van der Waals surface area (Å²) in [5, 5.41) is 21.0. The molecule has 4 nitrogen and oxygen atoms in total. The second-order valence-electron chi connectivity index (χ2n) is 1.74. The van der Waals surface area contributed by atoms with Crippen molar-refractivity contribution >= 4 is 11.4 Å². The first-order chi connectivity index (χ1) is 4.83. The lowest BCUT2D eigenvalue weighted by Crippen LogP contribution is -1.96. The highest BCUT2D eigenvalue weighted by molar-refractivity contribution is 6.17. The molecule has 0 bridgehead atoms. The van der Waals surface area contributed by atoms with Crippen molar-refractivity contribution in [2.75, 3.05) is 0 Å². The Morgan fingerprint density at radius 2 is 1.90 bits per heavy atom. The lowest BCUT2D eigenvalue weighted by Gasteiger charge is -1.91. The van der Waals surface area contributed by atoms with Gasteiger partial charge in [-0.3, -0.25) is 0 Å². The first-order valence-electron chi connectivity index (χ1n) is 2.69. The molecule has 0 saturated heterocycles. The predicted octanol–water partition coefficient (Wildman–Crippen LogP) is 1.34. The van der Waals surface area contributed by atoms with Gasteiger partial charge in [-0.15, -0.1) is 0 Å². The summed E-state index contributed by atoms with van der Waals surface area (Å²) in [5.41, 5.74) is 0.954. The van der Waals surface area contributed by atoms with Gasteiger partial charge >= 0.3 is 5.08 Å². The van der Waals surface area contributed by atoms with E-state index in [9.17, 15) is 0 Å². The fraction of sp³-hybridized carbons (Fsp3) is 0. The molecule has 1 aliphatic carbocycles. The zero-order valence-electron chi connectivity index (χ0n) is 5.15. The third-order valence-corrected chi connectivity index (χ3v) is 1.03. The van der Waals surface area contributed by atoms with Gasteiger partial charge in [-0.25, -0.2) is 0 Å². The summed E-state index contributed by atoms with van der Waals surface area (Å²) < 4.78 is 0. The highest BCUT2D eigenvalue weighted by Crippen LogP contribution is 1.95. The molecule has 0 aromatic heterocycles. The van der Waals surface area contributed by atoms with Crippen molar-refractivity contribution < 1.29 is 0 Å². The van der Waals surface area contributed by atoms with E-state index in [-0.39, 0.29) is 0 Å². The second kappa shape index (κ2) is 2.69. The van der Waals surface area contributed by atoms with Crippen LogP contribution in [0.2, 0.25) is 0 Å². The van der Waals surface area contributed by atoms with Crippen LogP contribution in [-0.2, 0) is 0 Å². The minimum atomic E-state index is 0.414. The van der Waals surface area contributed by atoms with E-state index in [1.165, 1.54) is 0 Å². The van der Waals surface area contributed by atoms with E-state index >= 15 is 0 Å². The fourth-order valence-corrected chi connectivity index (χ4v) is 0.580. The van der Waals surface area contributed by atoms with E-state index in [0.717, 1.165) is 0 Å². The third kappa shape index (κ3) is 1.36. The van der Waals surface area contributed by atoms with Gasteiger partial charge in [-0.05, 0) is 24.3 Å². The van der Waals surface area contributed by atoms with Crippen molar-refractivity contribution in [1.82, 2.24) is 0 Å². The Hall–Kier alpha value is -1.76. The average molecular weight is 133 g/mol. The molecule has 0 atom stereocenters. The molecule has 1 rings (SSSR count). The molecule has 10 heavy (non-hydrogen) atoms. The van der Waals surface area contributed by atoms with Crippen LogP contribution in [0.3, 0.4) is 0 Å².